The third-order valence-electron chi connectivity index (χ3n) is 2.84. The summed E-state index contributed by atoms with van der Waals surface area (Å²) < 4.78 is 10.6. The largest absolute Gasteiger partial charge is 0.377 e. The number of morpholine rings is 1. The highest BCUT2D eigenvalue weighted by Gasteiger charge is 2.32. The van der Waals surface area contributed by atoms with Crippen LogP contribution in [0.2, 0.25) is 0 Å². The van der Waals surface area contributed by atoms with Gasteiger partial charge in [-0.25, -0.2) is 0 Å². The molecule has 1 saturated heterocycles. The first-order valence-electron chi connectivity index (χ1n) is 6.82. The van der Waals surface area contributed by atoms with Gasteiger partial charge >= 0.3 is 0 Å². The smallest absolute Gasteiger partial charge is 0.249 e. The first-order valence-corrected chi connectivity index (χ1v) is 6.82. The average Bonchev–Trinajstić information content (AvgIpc) is 2.42. The van der Waals surface area contributed by atoms with Crippen LogP contribution in [-0.4, -0.2) is 61.8 Å². The van der Waals surface area contributed by atoms with Crippen LogP contribution in [-0.2, 0) is 19.1 Å². The van der Waals surface area contributed by atoms with Gasteiger partial charge in [-0.05, 0) is 20.3 Å². The van der Waals surface area contributed by atoms with Crippen LogP contribution < -0.4 is 5.32 Å². The molecule has 19 heavy (non-hydrogen) atoms. The summed E-state index contributed by atoms with van der Waals surface area (Å²) in [7, 11) is 0. The van der Waals surface area contributed by atoms with Crippen molar-refractivity contribution in [1.82, 2.24) is 10.2 Å². The molecule has 0 aromatic heterocycles. The lowest BCUT2D eigenvalue weighted by atomic mass is 10.2. The molecule has 6 heteroatoms. The van der Waals surface area contributed by atoms with E-state index in [0.717, 1.165) is 6.42 Å². The van der Waals surface area contributed by atoms with Crippen LogP contribution in [0.4, 0.5) is 0 Å². The van der Waals surface area contributed by atoms with E-state index in [9.17, 15) is 9.59 Å². The zero-order valence-corrected chi connectivity index (χ0v) is 12.0. The van der Waals surface area contributed by atoms with E-state index in [0.29, 0.717) is 19.7 Å². The van der Waals surface area contributed by atoms with Crippen molar-refractivity contribution in [3.63, 3.8) is 0 Å². The minimum absolute atomic E-state index is 0.00245. The van der Waals surface area contributed by atoms with E-state index in [2.05, 4.69) is 5.32 Å². The van der Waals surface area contributed by atoms with E-state index in [1.54, 1.807) is 4.90 Å². The van der Waals surface area contributed by atoms with Crippen LogP contribution in [0.3, 0.4) is 0 Å². The van der Waals surface area contributed by atoms with Gasteiger partial charge in [-0.15, -0.1) is 0 Å². The second-order valence-corrected chi connectivity index (χ2v) is 4.83. The monoisotopic (exact) mass is 272 g/mol. The van der Waals surface area contributed by atoms with Gasteiger partial charge in [0.05, 0.1) is 19.3 Å². The Bertz CT molecular complexity index is 307. The topological polar surface area (TPSA) is 67.9 Å². The Kier molecular flexibility index (Phi) is 6.80. The second-order valence-electron chi connectivity index (χ2n) is 4.83. The maximum atomic E-state index is 12.1. The number of ether oxygens (including phenoxy) is 2. The van der Waals surface area contributed by atoms with Gasteiger partial charge in [0.15, 0.2) is 0 Å². The van der Waals surface area contributed by atoms with E-state index >= 15 is 0 Å². The molecule has 1 atom stereocenters. The third kappa shape index (κ3) is 5.16. The first kappa shape index (κ1) is 15.9. The van der Waals surface area contributed by atoms with Crippen molar-refractivity contribution in [1.29, 1.82) is 0 Å². The summed E-state index contributed by atoms with van der Waals surface area (Å²) >= 11 is 0. The Hall–Kier alpha value is -1.14. The van der Waals surface area contributed by atoms with Crippen molar-refractivity contribution in [2.75, 3.05) is 32.9 Å². The molecular weight excluding hydrogens is 248 g/mol. The Morgan fingerprint density at radius 1 is 1.47 bits per heavy atom. The molecule has 1 aliphatic rings. The summed E-state index contributed by atoms with van der Waals surface area (Å²) in [5.74, 6) is -0.312. The number of rotatable bonds is 6. The van der Waals surface area contributed by atoms with E-state index in [1.807, 2.05) is 20.8 Å². The summed E-state index contributed by atoms with van der Waals surface area (Å²) in [6.07, 6.45) is 0.862. The standard InChI is InChI=1S/C13H24N2O4/c1-4-5-14-13(17)11-8-18-7-6-15(11)12(16)9-19-10(2)3/h10-11H,4-9H2,1-3H3,(H,14,17). The lowest BCUT2D eigenvalue weighted by molar-refractivity contribution is -0.152. The van der Waals surface area contributed by atoms with Crippen molar-refractivity contribution in [3.05, 3.63) is 0 Å². The van der Waals surface area contributed by atoms with Gasteiger partial charge in [-0.1, -0.05) is 6.92 Å². The molecular formula is C13H24N2O4. The number of nitrogens with one attached hydrogen (secondary N) is 1. The molecule has 6 nitrogen and oxygen atoms in total. The molecule has 2 amide bonds. The molecule has 1 aliphatic heterocycles. The van der Waals surface area contributed by atoms with Crippen LogP contribution >= 0.6 is 0 Å². The zero-order chi connectivity index (χ0) is 14.3. The van der Waals surface area contributed by atoms with Gasteiger partial charge in [0, 0.05) is 13.1 Å². The van der Waals surface area contributed by atoms with E-state index in [1.165, 1.54) is 0 Å². The molecule has 0 bridgehead atoms. The highest BCUT2D eigenvalue weighted by molar-refractivity contribution is 5.88. The minimum Gasteiger partial charge on any atom is -0.377 e. The summed E-state index contributed by atoms with van der Waals surface area (Å²) in [5, 5.41) is 2.80. The number of amides is 2. The van der Waals surface area contributed by atoms with Gasteiger partial charge in [0.2, 0.25) is 11.8 Å². The van der Waals surface area contributed by atoms with Crippen LogP contribution in [0.1, 0.15) is 27.2 Å². The van der Waals surface area contributed by atoms with Gasteiger partial charge in [-0.2, -0.15) is 0 Å². The summed E-state index contributed by atoms with van der Waals surface area (Å²) in [6.45, 7) is 7.50. The summed E-state index contributed by atoms with van der Waals surface area (Å²) in [5.41, 5.74) is 0. The molecule has 1 fully saturated rings. The van der Waals surface area contributed by atoms with Crippen LogP contribution in [0.25, 0.3) is 0 Å². The van der Waals surface area contributed by atoms with E-state index in [-0.39, 0.29) is 31.1 Å². The summed E-state index contributed by atoms with van der Waals surface area (Å²) in [6, 6.07) is -0.538. The molecule has 1 heterocycles. The van der Waals surface area contributed by atoms with Gasteiger partial charge in [0.25, 0.3) is 0 Å². The molecule has 0 aliphatic carbocycles. The van der Waals surface area contributed by atoms with Gasteiger partial charge in [0.1, 0.15) is 12.6 Å². The van der Waals surface area contributed by atoms with Crippen molar-refractivity contribution in [2.45, 2.75) is 39.3 Å². The van der Waals surface area contributed by atoms with Crippen LogP contribution in [0, 0.1) is 0 Å². The molecule has 0 radical (unpaired) electrons. The Labute approximate surface area is 114 Å². The number of carbonyl (C=O) groups is 2. The first-order chi connectivity index (χ1) is 9.06. The van der Waals surface area contributed by atoms with Crippen LogP contribution in [0.15, 0.2) is 0 Å². The van der Waals surface area contributed by atoms with Crippen molar-refractivity contribution < 1.29 is 19.1 Å². The number of hydrogen-bond acceptors (Lipinski definition) is 4. The SMILES string of the molecule is CCCNC(=O)C1COCCN1C(=O)COC(C)C. The Balaban J connectivity index is 2.56. The molecule has 1 N–H and O–H groups in total. The molecule has 0 saturated carbocycles. The number of nitrogens with zero attached hydrogens (tertiary/aromatic N) is 1. The fraction of sp³-hybridized carbons (Fsp3) is 0.846. The second kappa shape index (κ2) is 8.12. The van der Waals surface area contributed by atoms with Gasteiger partial charge in [-0.3, -0.25) is 9.59 Å². The summed E-state index contributed by atoms with van der Waals surface area (Å²) in [4.78, 5) is 25.6. The quantitative estimate of drug-likeness (QED) is 0.748. The Morgan fingerprint density at radius 3 is 2.84 bits per heavy atom. The molecule has 0 aromatic carbocycles. The van der Waals surface area contributed by atoms with E-state index in [4.69, 9.17) is 9.47 Å². The highest BCUT2D eigenvalue weighted by Crippen LogP contribution is 2.08. The molecule has 1 rings (SSSR count). The van der Waals surface area contributed by atoms with Crippen molar-refractivity contribution in [2.24, 2.45) is 0 Å². The number of carbonyl (C=O) groups excluding carboxylic acids is 2. The number of hydrogen-bond donors (Lipinski definition) is 1. The highest BCUT2D eigenvalue weighted by atomic mass is 16.5. The van der Waals surface area contributed by atoms with Crippen LogP contribution in [0.5, 0.6) is 0 Å². The lowest BCUT2D eigenvalue weighted by Gasteiger charge is -2.34. The lowest BCUT2D eigenvalue weighted by Crippen LogP contribution is -2.56. The van der Waals surface area contributed by atoms with E-state index < -0.39 is 6.04 Å². The molecule has 1 unspecified atom stereocenters. The van der Waals surface area contributed by atoms with Gasteiger partial charge < -0.3 is 19.7 Å². The molecule has 110 valence electrons. The fourth-order valence-corrected chi connectivity index (χ4v) is 1.81. The van der Waals surface area contributed by atoms with Crippen molar-refractivity contribution >= 4 is 11.8 Å². The maximum Gasteiger partial charge on any atom is 0.249 e. The third-order valence-corrected chi connectivity index (χ3v) is 2.84. The minimum atomic E-state index is -0.538. The zero-order valence-electron chi connectivity index (χ0n) is 12.0. The Morgan fingerprint density at radius 2 is 2.21 bits per heavy atom. The predicted octanol–water partition coefficient (Wildman–Crippen LogP) is 0.165. The van der Waals surface area contributed by atoms with Crippen molar-refractivity contribution in [3.8, 4) is 0 Å². The average molecular weight is 272 g/mol. The molecule has 0 aromatic rings. The molecule has 0 spiro atoms. The normalized spacial score (nSPS) is 19.6. The predicted molar refractivity (Wildman–Crippen MR) is 70.7 cm³/mol. The maximum absolute atomic E-state index is 12.1. The fourth-order valence-electron chi connectivity index (χ4n) is 1.81.